The maximum absolute atomic E-state index is 11.5. The van der Waals surface area contributed by atoms with E-state index in [0.717, 1.165) is 23.9 Å². The molecule has 0 amide bonds. The summed E-state index contributed by atoms with van der Waals surface area (Å²) in [5, 5.41) is 10.3. The van der Waals surface area contributed by atoms with Gasteiger partial charge in [0.05, 0.1) is 5.52 Å². The number of pyridine rings is 1. The minimum atomic E-state index is -0.955. The number of para-hydroxylation sites is 1. The molecule has 1 aromatic heterocycles. The number of hydrogen-bond donors (Lipinski definition) is 1. The van der Waals surface area contributed by atoms with E-state index < -0.39 is 5.97 Å². The van der Waals surface area contributed by atoms with E-state index in [-0.39, 0.29) is 5.56 Å². The summed E-state index contributed by atoms with van der Waals surface area (Å²) in [5.41, 5.74) is 1.04. The van der Waals surface area contributed by atoms with Crippen LogP contribution in [-0.2, 0) is 0 Å². The van der Waals surface area contributed by atoms with Crippen molar-refractivity contribution in [1.29, 1.82) is 0 Å². The summed E-state index contributed by atoms with van der Waals surface area (Å²) in [6.07, 6.45) is 2.68. The average molecular weight is 270 g/mol. The molecule has 104 valence electrons. The Morgan fingerprint density at radius 1 is 1.45 bits per heavy atom. The fraction of sp³-hybridized carbons (Fsp3) is 0.250. The smallest absolute Gasteiger partial charge is 0.339 e. The summed E-state index contributed by atoms with van der Waals surface area (Å²) in [7, 11) is 0. The van der Waals surface area contributed by atoms with Crippen molar-refractivity contribution in [3.05, 3.63) is 48.6 Å². The fourth-order valence-corrected chi connectivity index (χ4v) is 2.21. The van der Waals surface area contributed by atoms with Gasteiger partial charge in [0, 0.05) is 18.5 Å². The summed E-state index contributed by atoms with van der Waals surface area (Å²) in [5.74, 6) is -0.443. The number of nitrogens with zero attached hydrogens (tertiary/aromatic N) is 2. The molecule has 20 heavy (non-hydrogen) atoms. The van der Waals surface area contributed by atoms with E-state index in [1.165, 1.54) is 0 Å². The van der Waals surface area contributed by atoms with Crippen molar-refractivity contribution in [2.75, 3.05) is 18.0 Å². The van der Waals surface area contributed by atoms with E-state index in [2.05, 4.69) is 18.5 Å². The third kappa shape index (κ3) is 2.79. The Labute approximate surface area is 118 Å². The Balaban J connectivity index is 2.61. The number of benzene rings is 1. The third-order valence-corrected chi connectivity index (χ3v) is 3.08. The number of fused-ring (bicyclic) bond motifs is 1. The molecule has 0 aliphatic carbocycles. The summed E-state index contributed by atoms with van der Waals surface area (Å²) in [4.78, 5) is 18.0. The summed E-state index contributed by atoms with van der Waals surface area (Å²) >= 11 is 0. The molecule has 0 aliphatic heterocycles. The molecule has 2 aromatic rings. The van der Waals surface area contributed by atoms with Gasteiger partial charge in [-0.05, 0) is 18.6 Å². The topological polar surface area (TPSA) is 53.4 Å². The summed E-state index contributed by atoms with van der Waals surface area (Å²) < 4.78 is 0. The van der Waals surface area contributed by atoms with E-state index in [4.69, 9.17) is 0 Å². The van der Waals surface area contributed by atoms with Crippen molar-refractivity contribution in [3.63, 3.8) is 0 Å². The average Bonchev–Trinajstić information content (AvgIpc) is 2.45. The van der Waals surface area contributed by atoms with Crippen LogP contribution in [0.25, 0.3) is 10.9 Å². The minimum absolute atomic E-state index is 0.235. The molecule has 0 unspecified atom stereocenters. The van der Waals surface area contributed by atoms with E-state index in [1.54, 1.807) is 12.1 Å². The molecule has 1 N–H and O–H groups in total. The van der Waals surface area contributed by atoms with Gasteiger partial charge in [-0.2, -0.15) is 0 Å². The van der Waals surface area contributed by atoms with Crippen LogP contribution >= 0.6 is 0 Å². The summed E-state index contributed by atoms with van der Waals surface area (Å²) in [6, 6.07) is 9.23. The Morgan fingerprint density at radius 3 is 2.85 bits per heavy atom. The zero-order chi connectivity index (χ0) is 14.5. The van der Waals surface area contributed by atoms with E-state index in [9.17, 15) is 9.90 Å². The van der Waals surface area contributed by atoms with Crippen molar-refractivity contribution in [1.82, 2.24) is 4.98 Å². The van der Waals surface area contributed by atoms with Gasteiger partial charge in [0.2, 0.25) is 0 Å². The van der Waals surface area contributed by atoms with Gasteiger partial charge in [-0.15, -0.1) is 6.58 Å². The van der Waals surface area contributed by atoms with Crippen molar-refractivity contribution in [2.24, 2.45) is 0 Å². The van der Waals surface area contributed by atoms with Crippen molar-refractivity contribution in [2.45, 2.75) is 13.3 Å². The second-order valence-corrected chi connectivity index (χ2v) is 4.59. The van der Waals surface area contributed by atoms with Gasteiger partial charge in [0.1, 0.15) is 11.4 Å². The molecule has 0 bridgehead atoms. The molecule has 0 spiro atoms. The van der Waals surface area contributed by atoms with Gasteiger partial charge in [-0.1, -0.05) is 31.2 Å². The molecule has 0 atom stereocenters. The lowest BCUT2D eigenvalue weighted by atomic mass is 10.1. The van der Waals surface area contributed by atoms with Crippen LogP contribution in [-0.4, -0.2) is 29.1 Å². The van der Waals surface area contributed by atoms with Gasteiger partial charge in [0.15, 0.2) is 0 Å². The van der Waals surface area contributed by atoms with Gasteiger partial charge >= 0.3 is 5.97 Å². The SMILES string of the molecule is C=CCN(CCC)c1nc2ccccc2cc1C(=O)O. The molecule has 1 aromatic carbocycles. The molecule has 0 aliphatic rings. The van der Waals surface area contributed by atoms with Crippen LogP contribution in [0.2, 0.25) is 0 Å². The standard InChI is InChI=1S/C16H18N2O2/c1-3-9-18(10-4-2)15-13(16(19)20)11-12-7-5-6-8-14(12)17-15/h3,5-8,11H,1,4,9-10H2,2H3,(H,19,20). The lowest BCUT2D eigenvalue weighted by Crippen LogP contribution is -2.27. The van der Waals surface area contributed by atoms with Crippen LogP contribution in [0.5, 0.6) is 0 Å². The van der Waals surface area contributed by atoms with E-state index >= 15 is 0 Å². The second-order valence-electron chi connectivity index (χ2n) is 4.59. The highest BCUT2D eigenvalue weighted by atomic mass is 16.4. The van der Waals surface area contributed by atoms with Gasteiger partial charge in [-0.25, -0.2) is 9.78 Å². The Hall–Kier alpha value is -2.36. The largest absolute Gasteiger partial charge is 0.478 e. The van der Waals surface area contributed by atoms with Crippen LogP contribution in [0.4, 0.5) is 5.82 Å². The van der Waals surface area contributed by atoms with Crippen LogP contribution < -0.4 is 4.90 Å². The Kier molecular flexibility index (Phi) is 4.35. The third-order valence-electron chi connectivity index (χ3n) is 3.08. The van der Waals surface area contributed by atoms with Crippen LogP contribution in [0.1, 0.15) is 23.7 Å². The number of hydrogen-bond acceptors (Lipinski definition) is 3. The van der Waals surface area contributed by atoms with Crippen molar-refractivity contribution in [3.8, 4) is 0 Å². The first-order chi connectivity index (χ1) is 9.67. The summed E-state index contributed by atoms with van der Waals surface area (Å²) in [6.45, 7) is 7.11. The number of carboxylic acid groups (broad SMARTS) is 1. The molecule has 0 radical (unpaired) electrons. The van der Waals surface area contributed by atoms with Crippen molar-refractivity contribution >= 4 is 22.7 Å². The van der Waals surface area contributed by atoms with E-state index in [0.29, 0.717) is 12.4 Å². The highest BCUT2D eigenvalue weighted by Gasteiger charge is 2.17. The number of rotatable bonds is 6. The molecule has 4 nitrogen and oxygen atoms in total. The predicted molar refractivity (Wildman–Crippen MR) is 81.4 cm³/mol. The minimum Gasteiger partial charge on any atom is -0.478 e. The number of anilines is 1. The lowest BCUT2D eigenvalue weighted by molar-refractivity contribution is 0.0697. The second kappa shape index (κ2) is 6.19. The first-order valence-electron chi connectivity index (χ1n) is 6.66. The molecular weight excluding hydrogens is 252 g/mol. The first kappa shape index (κ1) is 14.1. The Morgan fingerprint density at radius 2 is 2.20 bits per heavy atom. The van der Waals surface area contributed by atoms with Gasteiger partial charge < -0.3 is 10.0 Å². The normalized spacial score (nSPS) is 10.4. The predicted octanol–water partition coefficient (Wildman–Crippen LogP) is 3.34. The molecule has 4 heteroatoms. The molecule has 0 saturated heterocycles. The lowest BCUT2D eigenvalue weighted by Gasteiger charge is -2.23. The quantitative estimate of drug-likeness (QED) is 0.818. The molecule has 0 fully saturated rings. The molecule has 0 saturated carbocycles. The van der Waals surface area contributed by atoms with Crippen molar-refractivity contribution < 1.29 is 9.90 Å². The monoisotopic (exact) mass is 270 g/mol. The van der Waals surface area contributed by atoms with Gasteiger partial charge in [-0.3, -0.25) is 0 Å². The first-order valence-corrected chi connectivity index (χ1v) is 6.66. The number of carbonyl (C=O) groups is 1. The highest BCUT2D eigenvalue weighted by Crippen LogP contribution is 2.24. The molecular formula is C16H18N2O2. The van der Waals surface area contributed by atoms with Crippen LogP contribution in [0.3, 0.4) is 0 Å². The maximum atomic E-state index is 11.5. The fourth-order valence-electron chi connectivity index (χ4n) is 2.21. The number of aromatic nitrogens is 1. The molecule has 2 rings (SSSR count). The zero-order valence-corrected chi connectivity index (χ0v) is 11.5. The van der Waals surface area contributed by atoms with Crippen LogP contribution in [0.15, 0.2) is 43.0 Å². The highest BCUT2D eigenvalue weighted by molar-refractivity contribution is 5.98. The number of carboxylic acids is 1. The Bertz CT molecular complexity index is 637. The zero-order valence-electron chi connectivity index (χ0n) is 11.5. The van der Waals surface area contributed by atoms with Gasteiger partial charge in [0.25, 0.3) is 0 Å². The van der Waals surface area contributed by atoms with Crippen LogP contribution in [0, 0.1) is 0 Å². The molecule has 1 heterocycles. The number of aromatic carboxylic acids is 1. The van der Waals surface area contributed by atoms with E-state index in [1.807, 2.05) is 29.2 Å². The maximum Gasteiger partial charge on any atom is 0.339 e.